The molecule has 1 N–H and O–H groups in total. The summed E-state index contributed by atoms with van der Waals surface area (Å²) in [7, 11) is 0. The summed E-state index contributed by atoms with van der Waals surface area (Å²) < 4.78 is 5.69. The number of ether oxygens (including phenoxy) is 1. The van der Waals surface area contributed by atoms with E-state index in [1.807, 2.05) is 30.3 Å². The molecule has 0 aromatic heterocycles. The Labute approximate surface area is 117 Å². The number of nitrogens with one attached hydrogen (secondary N) is 1. The largest absolute Gasteiger partial charge is 0.494 e. The second-order valence-electron chi connectivity index (χ2n) is 5.66. The van der Waals surface area contributed by atoms with Gasteiger partial charge in [-0.3, -0.25) is 0 Å². The van der Waals surface area contributed by atoms with E-state index in [-0.39, 0.29) is 0 Å². The van der Waals surface area contributed by atoms with Gasteiger partial charge in [-0.05, 0) is 50.8 Å². The maximum absolute atomic E-state index is 5.69. The number of hydrogen-bond acceptors (Lipinski definition) is 2. The maximum Gasteiger partial charge on any atom is 0.119 e. The first kappa shape index (κ1) is 14.4. The van der Waals surface area contributed by atoms with E-state index >= 15 is 0 Å². The van der Waals surface area contributed by atoms with Crippen molar-refractivity contribution in [2.24, 2.45) is 5.92 Å². The van der Waals surface area contributed by atoms with Gasteiger partial charge >= 0.3 is 0 Å². The lowest BCUT2D eigenvalue weighted by molar-refractivity contribution is 0.267. The lowest BCUT2D eigenvalue weighted by Gasteiger charge is -2.28. The Hall–Kier alpha value is -1.02. The molecule has 0 heterocycles. The average molecular weight is 261 g/mol. The lowest BCUT2D eigenvalue weighted by atomic mass is 9.84. The van der Waals surface area contributed by atoms with Crippen molar-refractivity contribution in [3.63, 3.8) is 0 Å². The highest BCUT2D eigenvalue weighted by molar-refractivity contribution is 5.20. The number of para-hydroxylation sites is 1. The molecule has 0 aliphatic heterocycles. The SMILES string of the molecule is CC(NCCCOc1ccccc1)C1CCCCC1. The molecule has 0 spiro atoms. The van der Waals surface area contributed by atoms with Gasteiger partial charge in [0.05, 0.1) is 6.61 Å². The van der Waals surface area contributed by atoms with Crippen LogP contribution < -0.4 is 10.1 Å². The summed E-state index contributed by atoms with van der Waals surface area (Å²) >= 11 is 0. The van der Waals surface area contributed by atoms with Crippen molar-refractivity contribution >= 4 is 0 Å². The predicted molar refractivity (Wildman–Crippen MR) is 80.6 cm³/mol. The molecule has 0 saturated heterocycles. The van der Waals surface area contributed by atoms with E-state index in [0.29, 0.717) is 6.04 Å². The Kier molecular flexibility index (Phi) is 6.22. The Bertz CT molecular complexity index is 332. The summed E-state index contributed by atoms with van der Waals surface area (Å²) in [6.45, 7) is 4.20. The van der Waals surface area contributed by atoms with Gasteiger partial charge in [-0.15, -0.1) is 0 Å². The third-order valence-corrected chi connectivity index (χ3v) is 4.16. The molecule has 1 aliphatic rings. The molecule has 106 valence electrons. The minimum absolute atomic E-state index is 0.664. The van der Waals surface area contributed by atoms with Crippen LogP contribution in [0.2, 0.25) is 0 Å². The van der Waals surface area contributed by atoms with Crippen molar-refractivity contribution in [1.82, 2.24) is 5.32 Å². The first-order valence-corrected chi connectivity index (χ1v) is 7.77. The summed E-state index contributed by atoms with van der Waals surface area (Å²) in [6.07, 6.45) is 8.19. The van der Waals surface area contributed by atoms with Gasteiger partial charge in [0.15, 0.2) is 0 Å². The molecule has 2 nitrogen and oxygen atoms in total. The molecule has 1 atom stereocenters. The zero-order valence-corrected chi connectivity index (χ0v) is 12.1. The lowest BCUT2D eigenvalue weighted by Crippen LogP contribution is -2.35. The fraction of sp³-hybridized carbons (Fsp3) is 0.647. The summed E-state index contributed by atoms with van der Waals surface area (Å²) in [4.78, 5) is 0. The van der Waals surface area contributed by atoms with Gasteiger partial charge in [0.1, 0.15) is 5.75 Å². The molecule has 2 heteroatoms. The molecule has 1 fully saturated rings. The third kappa shape index (κ3) is 5.23. The van der Waals surface area contributed by atoms with Gasteiger partial charge in [0.2, 0.25) is 0 Å². The van der Waals surface area contributed by atoms with Crippen LogP contribution in [0.15, 0.2) is 30.3 Å². The Balaban J connectivity index is 1.54. The van der Waals surface area contributed by atoms with Crippen molar-refractivity contribution in [2.45, 2.75) is 51.5 Å². The van der Waals surface area contributed by atoms with Crippen molar-refractivity contribution in [2.75, 3.05) is 13.2 Å². The minimum Gasteiger partial charge on any atom is -0.494 e. The van der Waals surface area contributed by atoms with Crippen LogP contribution in [-0.4, -0.2) is 19.2 Å². The van der Waals surface area contributed by atoms with Gasteiger partial charge in [0, 0.05) is 6.04 Å². The van der Waals surface area contributed by atoms with Crippen LogP contribution in [0.1, 0.15) is 45.4 Å². The number of benzene rings is 1. The van der Waals surface area contributed by atoms with Crippen molar-refractivity contribution in [3.8, 4) is 5.75 Å². The van der Waals surface area contributed by atoms with Crippen LogP contribution in [0.3, 0.4) is 0 Å². The quantitative estimate of drug-likeness (QED) is 0.749. The summed E-state index contributed by atoms with van der Waals surface area (Å²) in [5.41, 5.74) is 0. The fourth-order valence-corrected chi connectivity index (χ4v) is 2.91. The highest BCUT2D eigenvalue weighted by atomic mass is 16.5. The molecule has 0 radical (unpaired) electrons. The van der Waals surface area contributed by atoms with E-state index in [2.05, 4.69) is 12.2 Å². The predicted octanol–water partition coefficient (Wildman–Crippen LogP) is 4.01. The van der Waals surface area contributed by atoms with E-state index in [4.69, 9.17) is 4.74 Å². The average Bonchev–Trinajstić information content (AvgIpc) is 2.49. The number of hydrogen-bond donors (Lipinski definition) is 1. The van der Waals surface area contributed by atoms with E-state index < -0.39 is 0 Å². The fourth-order valence-electron chi connectivity index (χ4n) is 2.91. The van der Waals surface area contributed by atoms with Crippen molar-refractivity contribution < 1.29 is 4.74 Å². The summed E-state index contributed by atoms with van der Waals surface area (Å²) in [5, 5.41) is 3.66. The van der Waals surface area contributed by atoms with Crippen LogP contribution in [0.25, 0.3) is 0 Å². The zero-order chi connectivity index (χ0) is 13.3. The highest BCUT2D eigenvalue weighted by Crippen LogP contribution is 2.26. The molecule has 1 aliphatic carbocycles. The van der Waals surface area contributed by atoms with Gasteiger partial charge in [-0.1, -0.05) is 37.5 Å². The first-order valence-electron chi connectivity index (χ1n) is 7.77. The number of rotatable bonds is 7. The molecular weight excluding hydrogens is 234 g/mol. The third-order valence-electron chi connectivity index (χ3n) is 4.16. The monoisotopic (exact) mass is 261 g/mol. The van der Waals surface area contributed by atoms with Crippen molar-refractivity contribution in [3.05, 3.63) is 30.3 Å². The summed E-state index contributed by atoms with van der Waals surface area (Å²) in [5.74, 6) is 1.87. The van der Waals surface area contributed by atoms with Gasteiger partial charge < -0.3 is 10.1 Å². The molecular formula is C17H27NO. The molecule has 1 aromatic rings. The van der Waals surface area contributed by atoms with Crippen LogP contribution in [0.5, 0.6) is 5.75 Å². The molecule has 1 unspecified atom stereocenters. The first-order chi connectivity index (χ1) is 9.36. The summed E-state index contributed by atoms with van der Waals surface area (Å²) in [6, 6.07) is 10.7. The van der Waals surface area contributed by atoms with Crippen LogP contribution >= 0.6 is 0 Å². The second kappa shape index (κ2) is 8.21. The molecule has 0 bridgehead atoms. The minimum atomic E-state index is 0.664. The normalized spacial score (nSPS) is 18.2. The standard InChI is InChI=1S/C17H27NO/c1-15(16-9-4-2-5-10-16)18-13-8-14-19-17-11-6-3-7-12-17/h3,6-7,11-12,15-16,18H,2,4-5,8-10,13-14H2,1H3. The van der Waals surface area contributed by atoms with Crippen LogP contribution in [0.4, 0.5) is 0 Å². The van der Waals surface area contributed by atoms with Gasteiger partial charge in [0.25, 0.3) is 0 Å². The Morgan fingerprint density at radius 3 is 2.63 bits per heavy atom. The maximum atomic E-state index is 5.69. The smallest absolute Gasteiger partial charge is 0.119 e. The Morgan fingerprint density at radius 1 is 1.16 bits per heavy atom. The molecule has 1 saturated carbocycles. The van der Waals surface area contributed by atoms with E-state index in [9.17, 15) is 0 Å². The molecule has 0 amide bonds. The van der Waals surface area contributed by atoms with E-state index in [1.54, 1.807) is 0 Å². The van der Waals surface area contributed by atoms with Crippen LogP contribution in [0, 0.1) is 5.92 Å². The van der Waals surface area contributed by atoms with Crippen molar-refractivity contribution in [1.29, 1.82) is 0 Å². The highest BCUT2D eigenvalue weighted by Gasteiger charge is 2.18. The second-order valence-corrected chi connectivity index (χ2v) is 5.66. The van der Waals surface area contributed by atoms with Gasteiger partial charge in [-0.25, -0.2) is 0 Å². The molecule has 19 heavy (non-hydrogen) atoms. The molecule has 1 aromatic carbocycles. The topological polar surface area (TPSA) is 21.3 Å². The Morgan fingerprint density at radius 2 is 1.89 bits per heavy atom. The molecule has 2 rings (SSSR count). The van der Waals surface area contributed by atoms with E-state index in [0.717, 1.165) is 31.2 Å². The van der Waals surface area contributed by atoms with Crippen LogP contribution in [-0.2, 0) is 0 Å². The van der Waals surface area contributed by atoms with E-state index in [1.165, 1.54) is 32.1 Å². The van der Waals surface area contributed by atoms with Gasteiger partial charge in [-0.2, -0.15) is 0 Å². The zero-order valence-electron chi connectivity index (χ0n) is 12.1.